The van der Waals surface area contributed by atoms with Gasteiger partial charge in [0.25, 0.3) is 0 Å². The molecule has 2 aliphatic heterocycles. The van der Waals surface area contributed by atoms with Gasteiger partial charge in [0.15, 0.2) is 5.75 Å². The fourth-order valence-electron chi connectivity index (χ4n) is 4.77. The van der Waals surface area contributed by atoms with Crippen molar-refractivity contribution in [1.29, 1.82) is 0 Å². The first-order chi connectivity index (χ1) is 16.2. The fraction of sp³-hybridized carbons (Fsp3) is 0.385. The Morgan fingerprint density at radius 1 is 1.15 bits per heavy atom. The van der Waals surface area contributed by atoms with Gasteiger partial charge in [-0.2, -0.15) is 0 Å². The van der Waals surface area contributed by atoms with Gasteiger partial charge < -0.3 is 20.1 Å². The highest BCUT2D eigenvalue weighted by molar-refractivity contribution is 6.37. The van der Waals surface area contributed by atoms with Gasteiger partial charge in [0.05, 0.1) is 28.3 Å². The number of hydrogen-bond donors (Lipinski definition) is 2. The summed E-state index contributed by atoms with van der Waals surface area (Å²) < 4.78 is 5.80. The van der Waals surface area contributed by atoms with Crippen molar-refractivity contribution in [2.24, 2.45) is 0 Å². The highest BCUT2D eigenvalue weighted by Gasteiger charge is 2.38. The van der Waals surface area contributed by atoms with Crippen LogP contribution in [0.3, 0.4) is 0 Å². The summed E-state index contributed by atoms with van der Waals surface area (Å²) in [6, 6.07) is 11.4. The molecule has 2 bridgehead atoms. The third-order valence-electron chi connectivity index (χ3n) is 6.38. The van der Waals surface area contributed by atoms with Gasteiger partial charge in [0.1, 0.15) is 0 Å². The second-order valence-electron chi connectivity index (χ2n) is 8.95. The van der Waals surface area contributed by atoms with Crippen LogP contribution in [-0.4, -0.2) is 53.7 Å². The van der Waals surface area contributed by atoms with Crippen LogP contribution in [0.4, 0.5) is 0 Å². The molecule has 0 spiro atoms. The Labute approximate surface area is 209 Å². The number of benzene rings is 2. The largest absolute Gasteiger partial charge is 0.490 e. The van der Waals surface area contributed by atoms with E-state index in [0.717, 1.165) is 35.1 Å². The number of halogens is 2. The summed E-state index contributed by atoms with van der Waals surface area (Å²) in [5.41, 5.74) is 4.25. The molecule has 2 aliphatic rings. The first-order valence-corrected chi connectivity index (χ1v) is 12.1. The number of carbonyl (C=O) groups is 2. The first-order valence-electron chi connectivity index (χ1n) is 11.4. The third kappa shape index (κ3) is 5.40. The molecule has 4 rings (SSSR count). The van der Waals surface area contributed by atoms with Gasteiger partial charge in [0.2, 0.25) is 5.91 Å². The quantitative estimate of drug-likeness (QED) is 0.534. The first kappa shape index (κ1) is 24.6. The Kier molecular flexibility index (Phi) is 7.51. The van der Waals surface area contributed by atoms with Crippen LogP contribution in [-0.2, 0) is 16.0 Å². The SMILES string of the molecule is CC(=O)N1CC2CC(c3ccc(CCCOc4c(Cl)cc(C)cc4Cl)cc3)=C(C(=O)O)C(C1)N2. The number of carboxylic acid groups (broad SMARTS) is 1. The number of aliphatic carboxylic acids is 1. The Morgan fingerprint density at radius 2 is 1.82 bits per heavy atom. The van der Waals surface area contributed by atoms with Crippen LogP contribution < -0.4 is 10.1 Å². The lowest BCUT2D eigenvalue weighted by Gasteiger charge is -2.43. The minimum absolute atomic E-state index is 0.0232. The summed E-state index contributed by atoms with van der Waals surface area (Å²) in [6.07, 6.45) is 2.18. The molecule has 0 saturated carbocycles. The monoisotopic (exact) mass is 502 g/mol. The summed E-state index contributed by atoms with van der Waals surface area (Å²) in [5, 5.41) is 14.3. The van der Waals surface area contributed by atoms with Crippen molar-refractivity contribution in [3.05, 3.63) is 68.7 Å². The molecule has 1 amide bonds. The van der Waals surface area contributed by atoms with Gasteiger partial charge in [-0.05, 0) is 60.6 Å². The number of nitrogens with zero attached hydrogens (tertiary/aromatic N) is 1. The number of piperazine rings is 1. The van der Waals surface area contributed by atoms with E-state index >= 15 is 0 Å². The van der Waals surface area contributed by atoms with Crippen LogP contribution in [0.1, 0.15) is 36.5 Å². The van der Waals surface area contributed by atoms with Gasteiger partial charge in [0, 0.05) is 26.1 Å². The van der Waals surface area contributed by atoms with Gasteiger partial charge in [-0.1, -0.05) is 47.5 Å². The number of amides is 1. The van der Waals surface area contributed by atoms with Crippen molar-refractivity contribution in [3.8, 4) is 5.75 Å². The maximum atomic E-state index is 12.1. The van der Waals surface area contributed by atoms with Crippen molar-refractivity contribution < 1.29 is 19.4 Å². The van der Waals surface area contributed by atoms with E-state index in [1.807, 2.05) is 43.3 Å². The predicted octanol–water partition coefficient (Wildman–Crippen LogP) is 4.74. The van der Waals surface area contributed by atoms with Crippen molar-refractivity contribution in [2.75, 3.05) is 19.7 Å². The van der Waals surface area contributed by atoms with Crippen molar-refractivity contribution >= 4 is 40.7 Å². The third-order valence-corrected chi connectivity index (χ3v) is 6.94. The standard InChI is InChI=1S/C26H28Cl2N2O4/c1-15-10-21(27)25(22(28)11-15)34-9-3-4-17-5-7-18(8-6-17)20-12-19-13-30(16(2)31)14-23(29-19)24(20)26(32)33/h5-8,10-11,19,23,29H,3-4,9,12-14H2,1-2H3,(H,32,33). The van der Waals surface area contributed by atoms with Crippen molar-refractivity contribution in [3.63, 3.8) is 0 Å². The number of carboxylic acids is 1. The van der Waals surface area contributed by atoms with Crippen LogP contribution in [0.15, 0.2) is 42.0 Å². The van der Waals surface area contributed by atoms with Crippen molar-refractivity contribution in [2.45, 2.75) is 45.2 Å². The molecule has 34 heavy (non-hydrogen) atoms. The Balaban J connectivity index is 1.41. The maximum Gasteiger partial charge on any atom is 0.333 e. The Morgan fingerprint density at radius 3 is 2.44 bits per heavy atom. The molecule has 2 unspecified atom stereocenters. The topological polar surface area (TPSA) is 78.9 Å². The number of fused-ring (bicyclic) bond motifs is 2. The fourth-order valence-corrected chi connectivity index (χ4v) is 5.48. The molecule has 180 valence electrons. The molecule has 6 nitrogen and oxygen atoms in total. The van der Waals surface area contributed by atoms with Crippen LogP contribution in [0.2, 0.25) is 10.0 Å². The number of nitrogens with one attached hydrogen (secondary N) is 1. The van der Waals surface area contributed by atoms with Gasteiger partial charge in [-0.25, -0.2) is 4.79 Å². The van der Waals surface area contributed by atoms with E-state index < -0.39 is 5.97 Å². The minimum Gasteiger partial charge on any atom is -0.490 e. The molecule has 2 aromatic carbocycles. The molecule has 0 aromatic heterocycles. The molecular formula is C26H28Cl2N2O4. The summed E-state index contributed by atoms with van der Waals surface area (Å²) in [7, 11) is 0. The van der Waals surface area contributed by atoms with Gasteiger partial charge in [-0.3, -0.25) is 4.79 Å². The normalized spacial score (nSPS) is 19.8. The van der Waals surface area contributed by atoms with Crippen LogP contribution >= 0.6 is 23.2 Å². The van der Waals surface area contributed by atoms with Crippen molar-refractivity contribution in [1.82, 2.24) is 10.2 Å². The zero-order valence-corrected chi connectivity index (χ0v) is 20.7. The van der Waals surface area contributed by atoms with E-state index in [0.29, 0.717) is 47.5 Å². The molecule has 2 atom stereocenters. The molecule has 0 aliphatic carbocycles. The summed E-state index contributed by atoms with van der Waals surface area (Å²) in [4.78, 5) is 25.7. The van der Waals surface area contributed by atoms with Gasteiger partial charge >= 0.3 is 5.97 Å². The van der Waals surface area contributed by atoms with Crippen LogP contribution in [0, 0.1) is 6.92 Å². The number of ether oxygens (including phenoxy) is 1. The average molecular weight is 503 g/mol. The summed E-state index contributed by atoms with van der Waals surface area (Å²) >= 11 is 12.5. The molecule has 1 fully saturated rings. The minimum atomic E-state index is -0.939. The zero-order valence-electron chi connectivity index (χ0n) is 19.2. The number of rotatable bonds is 7. The predicted molar refractivity (Wildman–Crippen MR) is 134 cm³/mol. The highest BCUT2D eigenvalue weighted by atomic mass is 35.5. The molecule has 2 aromatic rings. The van der Waals surface area contributed by atoms with E-state index in [-0.39, 0.29) is 18.0 Å². The summed E-state index contributed by atoms with van der Waals surface area (Å²) in [5.74, 6) is -0.451. The molecule has 1 saturated heterocycles. The molecule has 2 heterocycles. The lowest BCUT2D eigenvalue weighted by Crippen LogP contribution is -2.61. The molecular weight excluding hydrogens is 475 g/mol. The second-order valence-corrected chi connectivity index (χ2v) is 9.76. The van der Waals surface area contributed by atoms with E-state index in [9.17, 15) is 14.7 Å². The number of aryl methyl sites for hydroxylation is 2. The number of carbonyl (C=O) groups excluding carboxylic acids is 1. The van der Waals surface area contributed by atoms with Gasteiger partial charge in [-0.15, -0.1) is 0 Å². The lowest BCUT2D eigenvalue weighted by atomic mass is 9.83. The van der Waals surface area contributed by atoms with Crippen LogP contribution in [0.25, 0.3) is 5.57 Å². The Bertz CT molecular complexity index is 1110. The Hall–Kier alpha value is -2.54. The van der Waals surface area contributed by atoms with Crippen LogP contribution in [0.5, 0.6) is 5.75 Å². The second kappa shape index (κ2) is 10.4. The molecule has 8 heteroatoms. The molecule has 0 radical (unpaired) electrons. The smallest absolute Gasteiger partial charge is 0.333 e. The highest BCUT2D eigenvalue weighted by Crippen LogP contribution is 2.35. The number of hydrogen-bond acceptors (Lipinski definition) is 4. The average Bonchev–Trinajstić information content (AvgIpc) is 2.77. The zero-order chi connectivity index (χ0) is 24.4. The molecule has 2 N–H and O–H groups in total. The van der Waals surface area contributed by atoms with E-state index in [4.69, 9.17) is 27.9 Å². The van der Waals surface area contributed by atoms with E-state index in [2.05, 4.69) is 5.32 Å². The van der Waals surface area contributed by atoms with E-state index in [1.165, 1.54) is 6.92 Å². The maximum absolute atomic E-state index is 12.1. The summed E-state index contributed by atoms with van der Waals surface area (Å²) in [6.45, 7) is 4.91. The van der Waals surface area contributed by atoms with E-state index in [1.54, 1.807) is 4.90 Å². The lowest BCUT2D eigenvalue weighted by molar-refractivity contribution is -0.135.